The number of aliphatic hydroxyl groups is 1. The largest absolute Gasteiger partial charge is 0.392 e. The summed E-state index contributed by atoms with van der Waals surface area (Å²) in [6, 6.07) is 12.4. The molecule has 1 atom stereocenters. The summed E-state index contributed by atoms with van der Waals surface area (Å²) in [6.07, 6.45) is 3.23. The first-order valence-electron chi connectivity index (χ1n) is 8.03. The number of pyridine rings is 1. The number of aromatic nitrogens is 1. The first kappa shape index (κ1) is 16.4. The highest BCUT2D eigenvalue weighted by Gasteiger charge is 2.18. The van der Waals surface area contributed by atoms with Crippen LogP contribution in [0.1, 0.15) is 17.5 Å². The van der Waals surface area contributed by atoms with Crippen LogP contribution in [-0.4, -0.2) is 40.7 Å². The Labute approximate surface area is 145 Å². The molecule has 1 aliphatic heterocycles. The normalized spacial score (nSPS) is 15.9. The van der Waals surface area contributed by atoms with E-state index in [-0.39, 0.29) is 6.10 Å². The molecule has 0 spiro atoms. The number of aliphatic hydroxyl groups excluding tert-OH is 1. The molecule has 122 valence electrons. The smallest absolute Gasteiger partial charge is 0.127 e. The molecule has 1 aliphatic rings. The van der Waals surface area contributed by atoms with Gasteiger partial charge >= 0.3 is 0 Å². The van der Waals surface area contributed by atoms with Gasteiger partial charge in [-0.15, -0.1) is 0 Å². The minimum Gasteiger partial charge on any atom is -0.392 e. The Kier molecular flexibility index (Phi) is 5.65. The van der Waals surface area contributed by atoms with E-state index in [0.717, 1.165) is 42.9 Å². The summed E-state index contributed by atoms with van der Waals surface area (Å²) in [5.74, 6) is 0.832. The number of hydrogen-bond donors (Lipinski definition) is 2. The van der Waals surface area contributed by atoms with Gasteiger partial charge in [0.05, 0.1) is 6.10 Å². The van der Waals surface area contributed by atoms with Crippen LogP contribution in [0.25, 0.3) is 0 Å². The van der Waals surface area contributed by atoms with Gasteiger partial charge in [0.25, 0.3) is 0 Å². The van der Waals surface area contributed by atoms with E-state index in [4.69, 9.17) is 0 Å². The lowest BCUT2D eigenvalue weighted by atomic mass is 9.99. The fraction of sp³-hybridized carbons (Fsp3) is 0.389. The van der Waals surface area contributed by atoms with Gasteiger partial charge in [-0.25, -0.2) is 4.98 Å². The van der Waals surface area contributed by atoms with Crippen LogP contribution in [0, 0.1) is 0 Å². The lowest BCUT2D eigenvalue weighted by molar-refractivity contribution is 0.101. The van der Waals surface area contributed by atoms with Crippen molar-refractivity contribution in [2.75, 3.05) is 25.0 Å². The maximum absolute atomic E-state index is 10.3. The monoisotopic (exact) mass is 375 g/mol. The van der Waals surface area contributed by atoms with E-state index in [1.807, 2.05) is 12.1 Å². The third-order valence-electron chi connectivity index (χ3n) is 4.18. The summed E-state index contributed by atoms with van der Waals surface area (Å²) < 4.78 is 1.00. The molecular weight excluding hydrogens is 354 g/mol. The number of nitrogens with one attached hydrogen (secondary N) is 1. The van der Waals surface area contributed by atoms with E-state index in [1.165, 1.54) is 11.1 Å². The van der Waals surface area contributed by atoms with Crippen LogP contribution < -0.4 is 5.32 Å². The fourth-order valence-electron chi connectivity index (χ4n) is 2.97. The van der Waals surface area contributed by atoms with Crippen molar-refractivity contribution < 1.29 is 5.11 Å². The van der Waals surface area contributed by atoms with Crippen molar-refractivity contribution in [1.82, 2.24) is 9.88 Å². The maximum atomic E-state index is 10.3. The van der Waals surface area contributed by atoms with Gasteiger partial charge in [-0.2, -0.15) is 0 Å². The summed E-state index contributed by atoms with van der Waals surface area (Å²) in [5.41, 5.74) is 2.84. The second-order valence-electron chi connectivity index (χ2n) is 5.98. The molecule has 2 aromatic rings. The number of β-amino-alcohol motifs (C(OH)–C–C–N with tert-alkyl or cyclic N) is 1. The van der Waals surface area contributed by atoms with Crippen LogP contribution in [0.4, 0.5) is 5.82 Å². The molecule has 5 heteroatoms. The Morgan fingerprint density at radius 3 is 2.91 bits per heavy atom. The Bertz CT molecular complexity index is 650. The molecule has 0 radical (unpaired) electrons. The van der Waals surface area contributed by atoms with E-state index >= 15 is 0 Å². The molecule has 0 amide bonds. The highest BCUT2D eigenvalue weighted by atomic mass is 79.9. The number of nitrogens with zero attached hydrogens (tertiary/aromatic N) is 2. The molecule has 2 heterocycles. The standard InChI is InChI=1S/C18H22BrN3O/c19-16-5-8-20-18(11-16)21-9-6-17(23)13-22-10-7-14-3-1-2-4-15(14)12-22/h1-5,8,11,17,23H,6-7,9-10,12-13H2,(H,20,21)/t17-/m0/s1. The molecule has 0 aliphatic carbocycles. The maximum Gasteiger partial charge on any atom is 0.127 e. The topological polar surface area (TPSA) is 48.4 Å². The van der Waals surface area contributed by atoms with Crippen molar-refractivity contribution in [1.29, 1.82) is 0 Å². The zero-order valence-electron chi connectivity index (χ0n) is 13.1. The zero-order chi connectivity index (χ0) is 16.1. The summed E-state index contributed by atoms with van der Waals surface area (Å²) in [7, 11) is 0. The minimum atomic E-state index is -0.320. The molecule has 1 aromatic heterocycles. The fourth-order valence-corrected chi connectivity index (χ4v) is 3.30. The third kappa shape index (κ3) is 4.77. The van der Waals surface area contributed by atoms with Crippen LogP contribution in [-0.2, 0) is 13.0 Å². The van der Waals surface area contributed by atoms with E-state index in [9.17, 15) is 5.11 Å². The Balaban J connectivity index is 1.42. The van der Waals surface area contributed by atoms with Gasteiger partial charge in [0.15, 0.2) is 0 Å². The first-order valence-corrected chi connectivity index (χ1v) is 8.82. The molecule has 4 nitrogen and oxygen atoms in total. The van der Waals surface area contributed by atoms with E-state index in [1.54, 1.807) is 6.20 Å². The molecule has 1 aromatic carbocycles. The predicted octanol–water partition coefficient (Wildman–Crippen LogP) is 3.07. The van der Waals surface area contributed by atoms with Crippen LogP contribution in [0.15, 0.2) is 47.1 Å². The van der Waals surface area contributed by atoms with Crippen molar-refractivity contribution in [3.63, 3.8) is 0 Å². The van der Waals surface area contributed by atoms with Gasteiger partial charge in [0.1, 0.15) is 5.82 Å². The Morgan fingerprint density at radius 1 is 1.26 bits per heavy atom. The van der Waals surface area contributed by atoms with Crippen LogP contribution in [0.5, 0.6) is 0 Å². The van der Waals surface area contributed by atoms with Crippen molar-refractivity contribution in [2.24, 2.45) is 0 Å². The van der Waals surface area contributed by atoms with Crippen molar-refractivity contribution in [3.05, 3.63) is 58.2 Å². The van der Waals surface area contributed by atoms with E-state index < -0.39 is 0 Å². The summed E-state index contributed by atoms with van der Waals surface area (Å²) in [4.78, 5) is 6.58. The van der Waals surface area contributed by atoms with Crippen molar-refractivity contribution in [3.8, 4) is 0 Å². The van der Waals surface area contributed by atoms with Crippen LogP contribution in [0.3, 0.4) is 0 Å². The van der Waals surface area contributed by atoms with Crippen LogP contribution >= 0.6 is 15.9 Å². The quantitative estimate of drug-likeness (QED) is 0.814. The predicted molar refractivity (Wildman–Crippen MR) is 96.5 cm³/mol. The number of anilines is 1. The molecular formula is C18H22BrN3O. The van der Waals surface area contributed by atoms with Gasteiger partial charge in [-0.1, -0.05) is 40.2 Å². The van der Waals surface area contributed by atoms with Gasteiger partial charge in [0.2, 0.25) is 0 Å². The highest BCUT2D eigenvalue weighted by molar-refractivity contribution is 9.10. The molecule has 3 rings (SSSR count). The highest BCUT2D eigenvalue weighted by Crippen LogP contribution is 2.19. The molecule has 0 fully saturated rings. The number of rotatable bonds is 6. The van der Waals surface area contributed by atoms with Crippen LogP contribution in [0.2, 0.25) is 0 Å². The van der Waals surface area contributed by atoms with E-state index in [0.29, 0.717) is 6.42 Å². The minimum absolute atomic E-state index is 0.320. The SMILES string of the molecule is O[C@@H](CCNc1cc(Br)ccn1)CN1CCc2ccccc2C1. The molecule has 0 saturated heterocycles. The second-order valence-corrected chi connectivity index (χ2v) is 6.90. The van der Waals surface area contributed by atoms with Gasteiger partial charge in [-0.3, -0.25) is 4.90 Å². The number of hydrogen-bond acceptors (Lipinski definition) is 4. The molecule has 0 unspecified atom stereocenters. The lowest BCUT2D eigenvalue weighted by Gasteiger charge is -2.30. The van der Waals surface area contributed by atoms with Gasteiger partial charge in [-0.05, 0) is 36.1 Å². The third-order valence-corrected chi connectivity index (χ3v) is 4.68. The van der Waals surface area contributed by atoms with Crippen molar-refractivity contribution >= 4 is 21.7 Å². The lowest BCUT2D eigenvalue weighted by Crippen LogP contribution is -2.37. The Hall–Kier alpha value is -1.43. The number of halogens is 1. The average Bonchev–Trinajstić information content (AvgIpc) is 2.55. The van der Waals surface area contributed by atoms with E-state index in [2.05, 4.69) is 55.4 Å². The Morgan fingerprint density at radius 2 is 2.09 bits per heavy atom. The summed E-state index contributed by atoms with van der Waals surface area (Å²) >= 11 is 3.43. The molecule has 2 N–H and O–H groups in total. The van der Waals surface area contributed by atoms with Crippen molar-refractivity contribution in [2.45, 2.75) is 25.5 Å². The average molecular weight is 376 g/mol. The first-order chi connectivity index (χ1) is 11.2. The zero-order valence-corrected chi connectivity index (χ0v) is 14.7. The molecule has 0 bridgehead atoms. The van der Waals surface area contributed by atoms with Gasteiger partial charge < -0.3 is 10.4 Å². The van der Waals surface area contributed by atoms with Gasteiger partial charge in [0, 0.05) is 36.8 Å². The summed E-state index contributed by atoms with van der Waals surface area (Å²) in [5, 5.41) is 13.5. The second kappa shape index (κ2) is 7.90. The summed E-state index contributed by atoms with van der Waals surface area (Å²) in [6.45, 7) is 3.40. The number of fused-ring (bicyclic) bond motifs is 1. The molecule has 23 heavy (non-hydrogen) atoms. The number of benzene rings is 1. The molecule has 0 saturated carbocycles.